The van der Waals surface area contributed by atoms with E-state index in [1.807, 2.05) is 6.92 Å². The molecule has 13 heteroatoms. The maximum atomic E-state index is 13.4. The van der Waals surface area contributed by atoms with Gasteiger partial charge >= 0.3 is 5.97 Å². The third-order valence-electron chi connectivity index (χ3n) is 6.51. The summed E-state index contributed by atoms with van der Waals surface area (Å²) in [6.45, 7) is 3.11. The van der Waals surface area contributed by atoms with Crippen molar-refractivity contribution < 1.29 is 27.7 Å². The van der Waals surface area contributed by atoms with Crippen molar-refractivity contribution in [2.45, 2.75) is 68.8 Å². The van der Waals surface area contributed by atoms with Crippen LogP contribution in [0, 0.1) is 10.1 Å². The molecule has 0 radical (unpaired) electrons. The molecule has 1 amide bonds. The van der Waals surface area contributed by atoms with Crippen LogP contribution >= 0.6 is 0 Å². The van der Waals surface area contributed by atoms with E-state index in [0.29, 0.717) is 12.0 Å². The van der Waals surface area contributed by atoms with Crippen molar-refractivity contribution in [2.24, 2.45) is 0 Å². The molecule has 0 bridgehead atoms. The van der Waals surface area contributed by atoms with E-state index in [1.54, 1.807) is 6.20 Å². The number of esters is 1. The molecule has 2 saturated heterocycles. The third-order valence-corrected chi connectivity index (χ3v) is 9.27. The standard InChI is InChI=1S/C21H25N5O7S/c1-3-4-5-16-11-22-23-24(16)13-21(2)19(25-17(27)10-18(25)34(21,31)32)20(28)33-12-14-6-8-15(9-7-14)26(29)30/h6-9,11,18-19H,3-5,10,12-13H2,1-2H3/t18-,19+,21+/m1/s1. The molecule has 0 spiro atoms. The highest BCUT2D eigenvalue weighted by atomic mass is 32.2. The molecule has 12 nitrogen and oxygen atoms in total. The topological polar surface area (TPSA) is 155 Å². The Morgan fingerprint density at radius 2 is 2.03 bits per heavy atom. The molecule has 3 heterocycles. The molecule has 0 aliphatic carbocycles. The summed E-state index contributed by atoms with van der Waals surface area (Å²) in [5.74, 6) is -1.28. The minimum Gasteiger partial charge on any atom is -0.459 e. The second kappa shape index (κ2) is 8.78. The van der Waals surface area contributed by atoms with E-state index in [1.165, 1.54) is 35.9 Å². The number of hydrogen-bond donors (Lipinski definition) is 0. The van der Waals surface area contributed by atoms with Gasteiger partial charge in [-0.1, -0.05) is 18.6 Å². The Morgan fingerprint density at radius 3 is 2.65 bits per heavy atom. The predicted molar refractivity (Wildman–Crippen MR) is 118 cm³/mol. The Morgan fingerprint density at radius 1 is 1.32 bits per heavy atom. The van der Waals surface area contributed by atoms with Crippen LogP contribution in [0.2, 0.25) is 0 Å². The zero-order valence-electron chi connectivity index (χ0n) is 18.8. The maximum absolute atomic E-state index is 13.4. The Hall–Kier alpha value is -3.35. The van der Waals surface area contributed by atoms with E-state index in [2.05, 4.69) is 10.3 Å². The minimum atomic E-state index is -3.93. The predicted octanol–water partition coefficient (Wildman–Crippen LogP) is 1.39. The number of fused-ring (bicyclic) bond motifs is 1. The van der Waals surface area contributed by atoms with Crippen molar-refractivity contribution in [2.75, 3.05) is 0 Å². The quantitative estimate of drug-likeness (QED) is 0.219. The number of non-ortho nitro benzene ring substituents is 1. The van der Waals surface area contributed by atoms with Crippen LogP contribution in [0.15, 0.2) is 30.5 Å². The molecule has 0 unspecified atom stereocenters. The highest BCUT2D eigenvalue weighted by Gasteiger charge is 2.70. The van der Waals surface area contributed by atoms with Crippen LogP contribution in [-0.4, -0.2) is 61.3 Å². The molecule has 3 atom stereocenters. The Labute approximate surface area is 195 Å². The second-order valence-corrected chi connectivity index (χ2v) is 11.3. The average molecular weight is 492 g/mol. The molecule has 2 aliphatic rings. The van der Waals surface area contributed by atoms with Gasteiger partial charge < -0.3 is 9.64 Å². The van der Waals surface area contributed by atoms with Gasteiger partial charge in [-0.05, 0) is 37.5 Å². The molecular weight excluding hydrogens is 466 g/mol. The Bertz CT molecular complexity index is 1230. The average Bonchev–Trinajstić information content (AvgIpc) is 3.28. The van der Waals surface area contributed by atoms with Crippen LogP contribution in [0.3, 0.4) is 0 Å². The molecule has 2 fully saturated rings. The SMILES string of the molecule is CCCCc1cnnn1C[C@@]1(C)[C@H](C(=O)OCc2ccc([N+](=O)[O-])cc2)N2C(=O)C[C@H]2S1(=O)=O. The first-order valence-electron chi connectivity index (χ1n) is 10.9. The van der Waals surface area contributed by atoms with Crippen LogP contribution in [0.1, 0.15) is 44.4 Å². The molecule has 0 N–H and O–H groups in total. The summed E-state index contributed by atoms with van der Waals surface area (Å²) < 4.78 is 32.1. The van der Waals surface area contributed by atoms with E-state index in [4.69, 9.17) is 4.74 Å². The van der Waals surface area contributed by atoms with Gasteiger partial charge in [-0.3, -0.25) is 14.9 Å². The number of rotatable bonds is 9. The van der Waals surface area contributed by atoms with Gasteiger partial charge in [0.15, 0.2) is 15.9 Å². The summed E-state index contributed by atoms with van der Waals surface area (Å²) in [6, 6.07) is 4.12. The maximum Gasteiger partial charge on any atom is 0.330 e. The van der Waals surface area contributed by atoms with Gasteiger partial charge in [0.05, 0.1) is 29.8 Å². The van der Waals surface area contributed by atoms with E-state index < -0.39 is 42.8 Å². The number of nitro benzene ring substituents is 1. The van der Waals surface area contributed by atoms with Crippen molar-refractivity contribution in [1.29, 1.82) is 0 Å². The van der Waals surface area contributed by atoms with E-state index in [-0.39, 0.29) is 25.3 Å². The second-order valence-electron chi connectivity index (χ2n) is 8.74. The van der Waals surface area contributed by atoms with E-state index >= 15 is 0 Å². The highest BCUT2D eigenvalue weighted by molar-refractivity contribution is 7.93. The first kappa shape index (κ1) is 23.8. The van der Waals surface area contributed by atoms with E-state index in [0.717, 1.165) is 23.4 Å². The lowest BCUT2D eigenvalue weighted by atomic mass is 9.96. The largest absolute Gasteiger partial charge is 0.459 e. The molecule has 1 aromatic heterocycles. The first-order valence-corrected chi connectivity index (χ1v) is 12.5. The fraction of sp³-hybridized carbons (Fsp3) is 0.524. The summed E-state index contributed by atoms with van der Waals surface area (Å²) in [4.78, 5) is 36.9. The molecule has 34 heavy (non-hydrogen) atoms. The number of hydrogen-bond acceptors (Lipinski definition) is 9. The number of carbonyl (C=O) groups is 2. The summed E-state index contributed by atoms with van der Waals surface area (Å²) in [7, 11) is -3.93. The number of benzene rings is 1. The van der Waals surface area contributed by atoms with Gasteiger partial charge in [-0.15, -0.1) is 5.10 Å². The Balaban J connectivity index is 1.59. The Kier molecular flexibility index (Phi) is 6.14. The summed E-state index contributed by atoms with van der Waals surface area (Å²) in [6.07, 6.45) is 3.85. The number of carbonyl (C=O) groups excluding carboxylic acids is 2. The lowest BCUT2D eigenvalue weighted by Gasteiger charge is -2.36. The van der Waals surface area contributed by atoms with Crippen molar-refractivity contribution in [3.05, 3.63) is 51.8 Å². The summed E-state index contributed by atoms with van der Waals surface area (Å²) >= 11 is 0. The number of nitro groups is 1. The van der Waals surface area contributed by atoms with Gasteiger partial charge in [-0.25, -0.2) is 17.9 Å². The van der Waals surface area contributed by atoms with Crippen molar-refractivity contribution >= 4 is 27.4 Å². The van der Waals surface area contributed by atoms with Crippen molar-refractivity contribution in [3.63, 3.8) is 0 Å². The monoisotopic (exact) mass is 491 g/mol. The molecule has 2 aromatic rings. The van der Waals surface area contributed by atoms with Crippen LogP contribution in [0.4, 0.5) is 5.69 Å². The number of unbranched alkanes of at least 4 members (excludes halogenated alkanes) is 1. The first-order chi connectivity index (χ1) is 16.1. The molecular formula is C21H25N5O7S. The van der Waals surface area contributed by atoms with Crippen molar-refractivity contribution in [1.82, 2.24) is 19.9 Å². The number of β-lactam (4-membered cyclic amide) rings is 1. The molecule has 4 rings (SSSR count). The molecule has 1 aromatic carbocycles. The molecule has 0 saturated carbocycles. The fourth-order valence-electron chi connectivity index (χ4n) is 4.48. The number of amides is 1. The van der Waals surface area contributed by atoms with Gasteiger partial charge in [0.25, 0.3) is 5.69 Å². The van der Waals surface area contributed by atoms with Crippen LogP contribution in [0.5, 0.6) is 0 Å². The number of sulfone groups is 1. The number of aryl methyl sites for hydroxylation is 1. The molecule has 182 valence electrons. The zero-order valence-corrected chi connectivity index (χ0v) is 19.6. The van der Waals surface area contributed by atoms with Gasteiger partial charge in [0.2, 0.25) is 5.91 Å². The number of ether oxygens (including phenoxy) is 1. The fourth-order valence-corrected chi connectivity index (χ4v) is 6.82. The lowest BCUT2D eigenvalue weighted by Crippen LogP contribution is -2.58. The normalized spacial score (nSPS) is 25.0. The minimum absolute atomic E-state index is 0.106. The van der Waals surface area contributed by atoms with Crippen LogP contribution < -0.4 is 0 Å². The highest BCUT2D eigenvalue weighted by Crippen LogP contribution is 2.47. The van der Waals surface area contributed by atoms with Crippen LogP contribution in [-0.2, 0) is 43.7 Å². The van der Waals surface area contributed by atoms with E-state index in [9.17, 15) is 28.1 Å². The summed E-state index contributed by atoms with van der Waals surface area (Å²) in [5, 5.41) is 17.7. The zero-order chi connectivity index (χ0) is 24.7. The molecule has 2 aliphatic heterocycles. The number of aromatic nitrogens is 3. The smallest absolute Gasteiger partial charge is 0.330 e. The third kappa shape index (κ3) is 3.83. The lowest BCUT2D eigenvalue weighted by molar-refractivity contribution is -0.384. The summed E-state index contributed by atoms with van der Waals surface area (Å²) in [5.41, 5.74) is 1.13. The van der Waals surface area contributed by atoms with Gasteiger partial charge in [-0.2, -0.15) is 0 Å². The van der Waals surface area contributed by atoms with Crippen LogP contribution in [0.25, 0.3) is 0 Å². The number of nitrogens with zero attached hydrogens (tertiary/aromatic N) is 5. The van der Waals surface area contributed by atoms with Crippen molar-refractivity contribution in [3.8, 4) is 0 Å². The van der Waals surface area contributed by atoms with Gasteiger partial charge in [0.1, 0.15) is 16.7 Å². The van der Waals surface area contributed by atoms with Gasteiger partial charge in [0, 0.05) is 12.1 Å².